The molecule has 0 amide bonds. The quantitative estimate of drug-likeness (QED) is 0.576. The lowest BCUT2D eigenvalue weighted by Crippen LogP contribution is -2.02. The Kier molecular flexibility index (Phi) is 6.11. The Labute approximate surface area is 54.9 Å². The molecule has 0 aliphatic carbocycles. The first-order valence-corrected chi connectivity index (χ1v) is 4.12. The van der Waals surface area contributed by atoms with Crippen molar-refractivity contribution in [2.24, 2.45) is 0 Å². The maximum atomic E-state index is 9.95. The second-order valence-corrected chi connectivity index (χ2v) is 3.21. The second-order valence-electron chi connectivity index (χ2n) is 1.64. The van der Waals surface area contributed by atoms with E-state index in [9.17, 15) is 8.42 Å². The summed E-state index contributed by atoms with van der Waals surface area (Å²) in [5.74, 6) is -0.108. The normalized spacial score (nSPS) is 10.4. The summed E-state index contributed by atoms with van der Waals surface area (Å²) in [7, 11) is -3.69. The van der Waals surface area contributed by atoms with E-state index in [4.69, 9.17) is 4.55 Å². The maximum absolute atomic E-state index is 9.95. The fraction of sp³-hybridized carbons (Fsp3) is 1.00. The number of rotatable bonds is 3. The number of hydrogen-bond donors (Lipinski definition) is 1. The van der Waals surface area contributed by atoms with Crippen molar-refractivity contribution in [1.82, 2.24) is 0 Å². The Morgan fingerprint density at radius 1 is 1.44 bits per heavy atom. The van der Waals surface area contributed by atoms with Gasteiger partial charge in [-0.05, 0) is 6.42 Å². The molecule has 0 aliphatic heterocycles. The van der Waals surface area contributed by atoms with Crippen LogP contribution >= 0.6 is 0 Å². The van der Waals surface area contributed by atoms with Crippen molar-refractivity contribution in [2.75, 3.05) is 5.75 Å². The highest BCUT2D eigenvalue weighted by molar-refractivity contribution is 7.85. The van der Waals surface area contributed by atoms with Crippen LogP contribution in [0.15, 0.2) is 0 Å². The third-order valence-corrected chi connectivity index (χ3v) is 1.56. The summed E-state index contributed by atoms with van der Waals surface area (Å²) in [4.78, 5) is 0. The van der Waals surface area contributed by atoms with Gasteiger partial charge >= 0.3 is 0 Å². The summed E-state index contributed by atoms with van der Waals surface area (Å²) in [5, 5.41) is 0. The summed E-state index contributed by atoms with van der Waals surface area (Å²) in [5.41, 5.74) is 0. The van der Waals surface area contributed by atoms with E-state index in [0.717, 1.165) is 6.42 Å². The summed E-state index contributed by atoms with van der Waals surface area (Å²) >= 11 is 0. The molecule has 0 aromatic heterocycles. The van der Waals surface area contributed by atoms with Crippen LogP contribution in [0.5, 0.6) is 0 Å². The molecule has 4 nitrogen and oxygen atoms in total. The van der Waals surface area contributed by atoms with Crippen LogP contribution in [0.2, 0.25) is 0 Å². The summed E-state index contributed by atoms with van der Waals surface area (Å²) in [6, 6.07) is 0. The Balaban J connectivity index is 0. The van der Waals surface area contributed by atoms with E-state index in [0.29, 0.717) is 6.42 Å². The van der Waals surface area contributed by atoms with Crippen molar-refractivity contribution < 1.29 is 18.4 Å². The largest absolute Gasteiger partial charge is 0.412 e. The van der Waals surface area contributed by atoms with Gasteiger partial charge in [-0.3, -0.25) is 4.55 Å². The molecule has 0 aromatic rings. The van der Waals surface area contributed by atoms with Crippen LogP contribution in [0.1, 0.15) is 19.8 Å². The Hall–Kier alpha value is -0.130. The molecule has 9 heavy (non-hydrogen) atoms. The monoisotopic (exact) mass is 156 g/mol. The van der Waals surface area contributed by atoms with Crippen LogP contribution in [0.4, 0.5) is 0 Å². The molecule has 3 N–H and O–H groups in total. The lowest BCUT2D eigenvalue weighted by Gasteiger charge is -1.90. The van der Waals surface area contributed by atoms with Crippen LogP contribution < -0.4 is 0 Å². The molecule has 0 aromatic carbocycles. The SMILES string of the molecule is CCCCS(=O)(=O)O.O. The minimum atomic E-state index is -3.69. The molecule has 5 heteroatoms. The smallest absolute Gasteiger partial charge is 0.264 e. The van der Waals surface area contributed by atoms with Gasteiger partial charge in [-0.1, -0.05) is 13.3 Å². The number of unbranched alkanes of at least 4 members (excludes halogenated alkanes) is 1. The molecule has 0 bridgehead atoms. The topological polar surface area (TPSA) is 85.9 Å². The summed E-state index contributed by atoms with van der Waals surface area (Å²) in [6.45, 7) is 1.87. The molecular weight excluding hydrogens is 144 g/mol. The van der Waals surface area contributed by atoms with Gasteiger partial charge < -0.3 is 5.48 Å². The summed E-state index contributed by atoms with van der Waals surface area (Å²) in [6.07, 6.45) is 1.33. The van der Waals surface area contributed by atoms with Gasteiger partial charge in [0.15, 0.2) is 0 Å². The first kappa shape index (κ1) is 11.6. The van der Waals surface area contributed by atoms with E-state index < -0.39 is 10.1 Å². The van der Waals surface area contributed by atoms with E-state index in [1.807, 2.05) is 6.92 Å². The first-order valence-electron chi connectivity index (χ1n) is 2.51. The highest BCUT2D eigenvalue weighted by Gasteiger charge is 2.00. The van der Waals surface area contributed by atoms with Gasteiger partial charge in [-0.15, -0.1) is 0 Å². The highest BCUT2D eigenvalue weighted by Crippen LogP contribution is 1.90. The molecule has 0 saturated heterocycles. The minimum Gasteiger partial charge on any atom is -0.412 e. The van der Waals surface area contributed by atoms with Crippen molar-refractivity contribution in [1.29, 1.82) is 0 Å². The van der Waals surface area contributed by atoms with Gasteiger partial charge in [0.25, 0.3) is 10.1 Å². The lowest BCUT2D eigenvalue weighted by molar-refractivity contribution is 0.480. The fourth-order valence-electron chi connectivity index (χ4n) is 0.327. The van der Waals surface area contributed by atoms with Crippen LogP contribution in [-0.2, 0) is 10.1 Å². The van der Waals surface area contributed by atoms with Gasteiger partial charge in [-0.25, -0.2) is 0 Å². The lowest BCUT2D eigenvalue weighted by atomic mass is 10.4. The molecule has 58 valence electrons. The van der Waals surface area contributed by atoms with Crippen molar-refractivity contribution in [3.8, 4) is 0 Å². The van der Waals surface area contributed by atoms with Crippen molar-refractivity contribution in [2.45, 2.75) is 19.8 Å². The molecule has 0 unspecified atom stereocenters. The average molecular weight is 156 g/mol. The zero-order chi connectivity index (χ0) is 6.62. The van der Waals surface area contributed by atoms with E-state index >= 15 is 0 Å². The zero-order valence-corrected chi connectivity index (χ0v) is 6.11. The zero-order valence-electron chi connectivity index (χ0n) is 5.29. The Morgan fingerprint density at radius 3 is 2.00 bits per heavy atom. The third-order valence-electron chi connectivity index (χ3n) is 0.756. The molecule has 0 atom stereocenters. The standard InChI is InChI=1S/C4H10O3S.H2O/c1-2-3-4-8(5,6)7;/h2-4H2,1H3,(H,5,6,7);1H2. The van der Waals surface area contributed by atoms with E-state index in [1.54, 1.807) is 0 Å². The molecule has 0 aliphatic rings. The number of hydrogen-bond acceptors (Lipinski definition) is 2. The predicted molar refractivity (Wildman–Crippen MR) is 34.9 cm³/mol. The van der Waals surface area contributed by atoms with Crippen molar-refractivity contribution in [3.05, 3.63) is 0 Å². The van der Waals surface area contributed by atoms with Gasteiger partial charge in [0.05, 0.1) is 5.75 Å². The summed E-state index contributed by atoms with van der Waals surface area (Å²) < 4.78 is 28.0. The molecule has 0 fully saturated rings. The maximum Gasteiger partial charge on any atom is 0.264 e. The second kappa shape index (κ2) is 4.72. The van der Waals surface area contributed by atoms with Crippen LogP contribution in [0.25, 0.3) is 0 Å². The van der Waals surface area contributed by atoms with E-state index in [1.165, 1.54) is 0 Å². The fourth-order valence-corrected chi connectivity index (χ4v) is 0.980. The Morgan fingerprint density at radius 2 is 1.89 bits per heavy atom. The van der Waals surface area contributed by atoms with Gasteiger partial charge in [0, 0.05) is 0 Å². The molecule has 0 saturated carbocycles. The van der Waals surface area contributed by atoms with Crippen LogP contribution in [-0.4, -0.2) is 24.2 Å². The van der Waals surface area contributed by atoms with E-state index in [2.05, 4.69) is 0 Å². The minimum absolute atomic E-state index is 0. The predicted octanol–water partition coefficient (Wildman–Crippen LogP) is -0.150. The first-order chi connectivity index (χ1) is 3.56. The molecular formula is C4H12O4S. The van der Waals surface area contributed by atoms with Gasteiger partial charge in [0.2, 0.25) is 0 Å². The molecule has 0 radical (unpaired) electrons. The Bertz CT molecular complexity index is 137. The van der Waals surface area contributed by atoms with Crippen LogP contribution in [0.3, 0.4) is 0 Å². The molecule has 0 heterocycles. The van der Waals surface area contributed by atoms with Gasteiger partial charge in [0.1, 0.15) is 0 Å². The molecule has 0 spiro atoms. The average Bonchev–Trinajstić information content (AvgIpc) is 1.59. The highest BCUT2D eigenvalue weighted by atomic mass is 32.2. The third kappa shape index (κ3) is 11.4. The van der Waals surface area contributed by atoms with Gasteiger partial charge in [-0.2, -0.15) is 8.42 Å². The molecule has 0 rings (SSSR count). The van der Waals surface area contributed by atoms with Crippen molar-refractivity contribution >= 4 is 10.1 Å². The van der Waals surface area contributed by atoms with Crippen molar-refractivity contribution in [3.63, 3.8) is 0 Å². The van der Waals surface area contributed by atoms with Crippen LogP contribution in [0, 0.1) is 0 Å². The van der Waals surface area contributed by atoms with E-state index in [-0.39, 0.29) is 11.2 Å².